The van der Waals surface area contributed by atoms with Crippen molar-refractivity contribution in [3.63, 3.8) is 0 Å². The van der Waals surface area contributed by atoms with Crippen molar-refractivity contribution in [1.29, 1.82) is 0 Å². The smallest absolute Gasteiger partial charge is 0.150 e. The summed E-state index contributed by atoms with van der Waals surface area (Å²) in [7, 11) is 0. The third kappa shape index (κ3) is 2.33. The molecular weight excluding hydrogens is 238 g/mol. The summed E-state index contributed by atoms with van der Waals surface area (Å²) in [4.78, 5) is 1.03. The molecule has 1 fully saturated rings. The SMILES string of the molecule is OC[C@H]1[NH2+][C@@H](c2cccs2)[C@H](O)[C@@H]1O.[Cl-]. The molecule has 86 valence electrons. The first kappa shape index (κ1) is 12.9. The van der Waals surface area contributed by atoms with Gasteiger partial charge >= 0.3 is 0 Å². The molecule has 15 heavy (non-hydrogen) atoms. The van der Waals surface area contributed by atoms with Gasteiger partial charge in [0.05, 0.1) is 11.5 Å². The Morgan fingerprint density at radius 3 is 2.53 bits per heavy atom. The third-order valence-corrected chi connectivity index (χ3v) is 3.67. The Bertz CT molecular complexity index is 296. The van der Waals surface area contributed by atoms with Crippen molar-refractivity contribution in [2.24, 2.45) is 0 Å². The second kappa shape index (κ2) is 5.25. The minimum atomic E-state index is -0.841. The van der Waals surface area contributed by atoms with E-state index in [1.807, 2.05) is 22.8 Å². The number of rotatable bonds is 2. The molecule has 2 heterocycles. The van der Waals surface area contributed by atoms with Crippen molar-refractivity contribution in [1.82, 2.24) is 0 Å². The average Bonchev–Trinajstić information content (AvgIpc) is 2.78. The Labute approximate surface area is 98.0 Å². The lowest BCUT2D eigenvalue weighted by Gasteiger charge is -2.09. The van der Waals surface area contributed by atoms with Crippen LogP contribution in [-0.4, -0.2) is 40.2 Å². The number of aliphatic hydroxyl groups is 3. The second-order valence-corrected chi connectivity index (χ2v) is 4.54. The molecule has 5 N–H and O–H groups in total. The summed E-state index contributed by atoms with van der Waals surface area (Å²) in [5, 5.41) is 32.1. The molecule has 6 heteroatoms. The Balaban J connectivity index is 0.00000112. The highest BCUT2D eigenvalue weighted by molar-refractivity contribution is 7.10. The molecule has 1 saturated heterocycles. The molecule has 0 unspecified atom stereocenters. The van der Waals surface area contributed by atoms with E-state index in [0.717, 1.165) is 4.88 Å². The Morgan fingerprint density at radius 2 is 2.07 bits per heavy atom. The van der Waals surface area contributed by atoms with Crippen molar-refractivity contribution >= 4 is 11.3 Å². The second-order valence-electron chi connectivity index (χ2n) is 3.56. The van der Waals surface area contributed by atoms with Crippen molar-refractivity contribution in [3.05, 3.63) is 22.4 Å². The Hall–Kier alpha value is -0.170. The predicted molar refractivity (Wildman–Crippen MR) is 51.9 cm³/mol. The van der Waals surface area contributed by atoms with Gasteiger partial charge < -0.3 is 33.0 Å². The van der Waals surface area contributed by atoms with Crippen LogP contribution in [0, 0.1) is 0 Å². The summed E-state index contributed by atoms with van der Waals surface area (Å²) in [6.07, 6.45) is -1.63. The van der Waals surface area contributed by atoms with Crippen LogP contribution in [0.4, 0.5) is 0 Å². The molecule has 1 aliphatic rings. The molecule has 1 aliphatic heterocycles. The summed E-state index contributed by atoms with van der Waals surface area (Å²) in [5.41, 5.74) is 0. The summed E-state index contributed by atoms with van der Waals surface area (Å²) in [5.74, 6) is 0. The number of hydrogen-bond acceptors (Lipinski definition) is 4. The van der Waals surface area contributed by atoms with Crippen LogP contribution in [-0.2, 0) is 0 Å². The first-order valence-corrected chi connectivity index (χ1v) is 5.47. The van der Waals surface area contributed by atoms with Crippen LogP contribution in [0.15, 0.2) is 17.5 Å². The van der Waals surface area contributed by atoms with Gasteiger partial charge in [-0.25, -0.2) is 0 Å². The molecule has 4 atom stereocenters. The fraction of sp³-hybridized carbons (Fsp3) is 0.556. The Morgan fingerprint density at radius 1 is 1.33 bits per heavy atom. The normalized spacial score (nSPS) is 35.1. The summed E-state index contributed by atoms with van der Waals surface area (Å²) < 4.78 is 0. The van der Waals surface area contributed by atoms with Crippen LogP contribution in [0.3, 0.4) is 0 Å². The van der Waals surface area contributed by atoms with Gasteiger partial charge in [-0.15, -0.1) is 11.3 Å². The zero-order valence-electron chi connectivity index (χ0n) is 7.95. The maximum atomic E-state index is 9.75. The first-order valence-electron chi connectivity index (χ1n) is 4.59. The summed E-state index contributed by atoms with van der Waals surface area (Å²) in [6, 6.07) is 3.40. The lowest BCUT2D eigenvalue weighted by Crippen LogP contribution is -3.00. The largest absolute Gasteiger partial charge is 1.00 e. The molecule has 0 radical (unpaired) electrons. The third-order valence-electron chi connectivity index (χ3n) is 2.69. The van der Waals surface area contributed by atoms with Gasteiger partial charge in [0.25, 0.3) is 0 Å². The molecule has 0 saturated carbocycles. The van der Waals surface area contributed by atoms with Crippen LogP contribution in [0.25, 0.3) is 0 Å². The fourth-order valence-electron chi connectivity index (χ4n) is 1.87. The highest BCUT2D eigenvalue weighted by Gasteiger charge is 2.45. The average molecular weight is 252 g/mol. The molecule has 1 aromatic rings. The van der Waals surface area contributed by atoms with Gasteiger partial charge in [0.1, 0.15) is 18.2 Å². The van der Waals surface area contributed by atoms with Crippen LogP contribution >= 0.6 is 11.3 Å². The molecular formula is C9H14ClNO3S. The van der Waals surface area contributed by atoms with E-state index in [1.165, 1.54) is 0 Å². The van der Waals surface area contributed by atoms with Crippen LogP contribution in [0.5, 0.6) is 0 Å². The van der Waals surface area contributed by atoms with Gasteiger partial charge in [-0.05, 0) is 11.4 Å². The van der Waals surface area contributed by atoms with Gasteiger partial charge in [0.2, 0.25) is 0 Å². The highest BCUT2D eigenvalue weighted by atomic mass is 35.5. The van der Waals surface area contributed by atoms with Gasteiger partial charge in [-0.3, -0.25) is 0 Å². The number of nitrogens with two attached hydrogens (primary N) is 1. The molecule has 0 spiro atoms. The van der Waals surface area contributed by atoms with Crippen molar-refractivity contribution in [3.8, 4) is 0 Å². The van der Waals surface area contributed by atoms with E-state index in [9.17, 15) is 10.2 Å². The van der Waals surface area contributed by atoms with Gasteiger partial charge in [-0.1, -0.05) is 6.07 Å². The predicted octanol–water partition coefficient (Wildman–Crippen LogP) is -4.55. The summed E-state index contributed by atoms with van der Waals surface area (Å²) >= 11 is 1.55. The van der Waals surface area contributed by atoms with Crippen LogP contribution in [0.2, 0.25) is 0 Å². The fourth-order valence-corrected chi connectivity index (χ4v) is 2.72. The minimum Gasteiger partial charge on any atom is -1.00 e. The molecule has 0 amide bonds. The number of aliphatic hydroxyl groups excluding tert-OH is 3. The highest BCUT2D eigenvalue weighted by Crippen LogP contribution is 2.24. The number of hydrogen-bond donors (Lipinski definition) is 4. The van der Waals surface area contributed by atoms with Crippen molar-refractivity contribution in [2.45, 2.75) is 24.3 Å². The molecule has 1 aromatic heterocycles. The quantitative estimate of drug-likeness (QED) is 0.428. The zero-order chi connectivity index (χ0) is 10.1. The van der Waals surface area contributed by atoms with E-state index in [0.29, 0.717) is 0 Å². The molecule has 0 aliphatic carbocycles. The lowest BCUT2D eigenvalue weighted by molar-refractivity contribution is -0.713. The van der Waals surface area contributed by atoms with E-state index in [4.69, 9.17) is 5.11 Å². The van der Waals surface area contributed by atoms with Gasteiger partial charge in [0, 0.05) is 0 Å². The standard InChI is InChI=1S/C9H13NO3S.ClH/c11-4-5-8(12)9(13)7(10-5)6-2-1-3-14-6;/h1-3,5,7-13H,4H2;1H/t5-,7+,8-,9+;/m1./s1. The van der Waals surface area contributed by atoms with Crippen LogP contribution in [0.1, 0.15) is 10.9 Å². The van der Waals surface area contributed by atoms with E-state index in [2.05, 4.69) is 0 Å². The number of quaternary nitrogens is 1. The summed E-state index contributed by atoms with van der Waals surface area (Å²) in [6.45, 7) is -0.111. The topological polar surface area (TPSA) is 77.3 Å². The lowest BCUT2D eigenvalue weighted by atomic mass is 10.1. The maximum absolute atomic E-state index is 9.75. The Kier molecular flexibility index (Phi) is 4.51. The van der Waals surface area contributed by atoms with E-state index >= 15 is 0 Å². The number of halogens is 1. The zero-order valence-corrected chi connectivity index (χ0v) is 9.53. The van der Waals surface area contributed by atoms with Gasteiger partial charge in [-0.2, -0.15) is 0 Å². The van der Waals surface area contributed by atoms with Crippen LogP contribution < -0.4 is 17.7 Å². The van der Waals surface area contributed by atoms with Crippen molar-refractivity contribution < 1.29 is 33.0 Å². The monoisotopic (exact) mass is 251 g/mol. The molecule has 0 bridgehead atoms. The number of thiophene rings is 1. The maximum Gasteiger partial charge on any atom is 0.150 e. The van der Waals surface area contributed by atoms with E-state index in [1.54, 1.807) is 11.3 Å². The molecule has 2 rings (SSSR count). The first-order chi connectivity index (χ1) is 6.74. The van der Waals surface area contributed by atoms with Gasteiger partial charge in [0.15, 0.2) is 6.04 Å². The van der Waals surface area contributed by atoms with Crippen molar-refractivity contribution in [2.75, 3.05) is 6.61 Å². The van der Waals surface area contributed by atoms with E-state index < -0.39 is 12.2 Å². The molecule has 0 aromatic carbocycles. The van der Waals surface area contributed by atoms with E-state index in [-0.39, 0.29) is 31.1 Å². The minimum absolute atomic E-state index is 0. The molecule has 4 nitrogen and oxygen atoms in total.